The number of hydrogen-bond acceptors (Lipinski definition) is 3. The molecule has 0 saturated carbocycles. The summed E-state index contributed by atoms with van der Waals surface area (Å²) in [4.78, 5) is 5.48. The van der Waals surface area contributed by atoms with Crippen LogP contribution in [0.5, 0.6) is 0 Å². The average molecular weight is 260 g/mol. The number of likely N-dealkylation sites (N-methyl/N-ethyl adjacent to an activating group) is 1. The van der Waals surface area contributed by atoms with Crippen LogP contribution >= 0.6 is 11.3 Å². The van der Waals surface area contributed by atoms with E-state index in [0.29, 0.717) is 6.04 Å². The van der Waals surface area contributed by atoms with E-state index >= 15 is 0 Å². The van der Waals surface area contributed by atoms with Crippen LogP contribution in [-0.2, 0) is 6.42 Å². The molecule has 0 saturated heterocycles. The fourth-order valence-corrected chi connectivity index (χ4v) is 2.72. The first-order chi connectivity index (χ1) is 8.70. The third kappa shape index (κ3) is 3.18. The number of nitrogens with zero attached hydrogens (tertiary/aromatic N) is 1. The number of nitrogens with one attached hydrogen (secondary N) is 1. The van der Waals surface area contributed by atoms with E-state index in [9.17, 15) is 0 Å². The fraction of sp³-hybridized carbons (Fsp3) is 0.400. The molecule has 2 aromatic rings. The van der Waals surface area contributed by atoms with E-state index in [2.05, 4.69) is 49.3 Å². The summed E-state index contributed by atoms with van der Waals surface area (Å²) in [7, 11) is 0. The Balaban J connectivity index is 2.20. The van der Waals surface area contributed by atoms with Gasteiger partial charge in [-0.1, -0.05) is 25.1 Å². The second-order valence-corrected chi connectivity index (χ2v) is 5.60. The Hall–Kier alpha value is -1.19. The minimum absolute atomic E-state index is 0.384. The highest BCUT2D eigenvalue weighted by Gasteiger charge is 2.12. The first kappa shape index (κ1) is 13.2. The maximum Gasteiger partial charge on any atom is 0.0794 e. The van der Waals surface area contributed by atoms with Crippen molar-refractivity contribution >= 4 is 11.3 Å². The van der Waals surface area contributed by atoms with Crippen molar-refractivity contribution in [3.63, 3.8) is 0 Å². The van der Waals surface area contributed by atoms with Crippen molar-refractivity contribution in [1.82, 2.24) is 10.3 Å². The van der Waals surface area contributed by atoms with E-state index in [-0.39, 0.29) is 0 Å². The summed E-state index contributed by atoms with van der Waals surface area (Å²) in [6.45, 7) is 7.47. The molecule has 18 heavy (non-hydrogen) atoms. The number of benzene rings is 1. The van der Waals surface area contributed by atoms with Gasteiger partial charge in [0.25, 0.3) is 0 Å². The van der Waals surface area contributed by atoms with Gasteiger partial charge in [0.2, 0.25) is 0 Å². The Kier molecular flexibility index (Phi) is 4.50. The van der Waals surface area contributed by atoms with Crippen LogP contribution in [0.1, 0.15) is 34.5 Å². The van der Waals surface area contributed by atoms with Crippen LogP contribution in [0.25, 0.3) is 0 Å². The van der Waals surface area contributed by atoms with Gasteiger partial charge in [0, 0.05) is 23.5 Å². The van der Waals surface area contributed by atoms with E-state index in [0.717, 1.165) is 13.0 Å². The quantitative estimate of drug-likeness (QED) is 0.887. The molecular formula is C15H20N2S. The second-order valence-electron chi connectivity index (χ2n) is 4.63. The van der Waals surface area contributed by atoms with Crippen LogP contribution in [0, 0.1) is 13.8 Å². The molecule has 2 rings (SSSR count). The average Bonchev–Trinajstić information content (AvgIpc) is 2.85. The Morgan fingerprint density at radius 2 is 2.11 bits per heavy atom. The van der Waals surface area contributed by atoms with Crippen molar-refractivity contribution in [2.45, 2.75) is 33.2 Å². The van der Waals surface area contributed by atoms with Gasteiger partial charge in [-0.3, -0.25) is 4.98 Å². The normalized spacial score (nSPS) is 12.6. The third-order valence-electron chi connectivity index (χ3n) is 3.27. The van der Waals surface area contributed by atoms with Gasteiger partial charge in [-0.15, -0.1) is 11.3 Å². The maximum atomic E-state index is 4.15. The van der Waals surface area contributed by atoms with Gasteiger partial charge in [-0.05, 0) is 37.1 Å². The van der Waals surface area contributed by atoms with Crippen LogP contribution in [0.2, 0.25) is 0 Å². The molecule has 0 aliphatic rings. The number of hydrogen-bond donors (Lipinski definition) is 1. The Morgan fingerprint density at radius 1 is 1.28 bits per heavy atom. The lowest BCUT2D eigenvalue weighted by Crippen LogP contribution is -2.22. The number of aromatic nitrogens is 1. The highest BCUT2D eigenvalue weighted by molar-refractivity contribution is 7.09. The minimum atomic E-state index is 0.384. The van der Waals surface area contributed by atoms with E-state index in [1.54, 1.807) is 11.3 Å². The van der Waals surface area contributed by atoms with Crippen LogP contribution in [0.15, 0.2) is 29.9 Å². The number of rotatable bonds is 5. The number of thiazole rings is 1. The lowest BCUT2D eigenvalue weighted by molar-refractivity contribution is 0.552. The zero-order valence-electron chi connectivity index (χ0n) is 11.2. The van der Waals surface area contributed by atoms with Crippen molar-refractivity contribution in [2.75, 3.05) is 6.54 Å². The summed E-state index contributed by atoms with van der Waals surface area (Å²) in [5.41, 5.74) is 5.98. The van der Waals surface area contributed by atoms with E-state index < -0.39 is 0 Å². The van der Waals surface area contributed by atoms with Crippen molar-refractivity contribution in [2.24, 2.45) is 0 Å². The lowest BCUT2D eigenvalue weighted by Gasteiger charge is -2.18. The van der Waals surface area contributed by atoms with E-state index in [1.165, 1.54) is 21.6 Å². The van der Waals surface area contributed by atoms with Gasteiger partial charge in [0.15, 0.2) is 0 Å². The first-order valence-electron chi connectivity index (χ1n) is 6.38. The van der Waals surface area contributed by atoms with E-state index in [1.807, 2.05) is 11.7 Å². The van der Waals surface area contributed by atoms with Gasteiger partial charge in [0.05, 0.1) is 5.51 Å². The van der Waals surface area contributed by atoms with Crippen LogP contribution in [-0.4, -0.2) is 11.5 Å². The van der Waals surface area contributed by atoms with Crippen molar-refractivity contribution in [1.29, 1.82) is 0 Å². The Labute approximate surface area is 113 Å². The summed E-state index contributed by atoms with van der Waals surface area (Å²) in [6, 6.07) is 7.12. The van der Waals surface area contributed by atoms with Gasteiger partial charge >= 0.3 is 0 Å². The summed E-state index contributed by atoms with van der Waals surface area (Å²) in [5.74, 6) is 0. The SMILES string of the molecule is CCNC(Cc1cncs1)c1ccc(C)c(C)c1. The van der Waals surface area contributed by atoms with Crippen molar-refractivity contribution in [3.05, 3.63) is 51.5 Å². The smallest absolute Gasteiger partial charge is 0.0794 e. The molecule has 2 nitrogen and oxygen atoms in total. The standard InChI is InChI=1S/C15H20N2S/c1-4-17-15(8-14-9-16-10-18-14)13-6-5-11(2)12(3)7-13/h5-7,9-10,15,17H,4,8H2,1-3H3. The summed E-state index contributed by atoms with van der Waals surface area (Å²) in [5, 5.41) is 3.56. The lowest BCUT2D eigenvalue weighted by atomic mass is 9.98. The predicted molar refractivity (Wildman–Crippen MR) is 78.2 cm³/mol. The van der Waals surface area contributed by atoms with Crippen LogP contribution in [0.3, 0.4) is 0 Å². The highest BCUT2D eigenvalue weighted by Crippen LogP contribution is 2.22. The van der Waals surface area contributed by atoms with E-state index in [4.69, 9.17) is 0 Å². The molecule has 0 bridgehead atoms. The molecule has 0 spiro atoms. The molecule has 3 heteroatoms. The molecule has 1 aromatic carbocycles. The highest BCUT2D eigenvalue weighted by atomic mass is 32.1. The van der Waals surface area contributed by atoms with Crippen molar-refractivity contribution < 1.29 is 0 Å². The molecule has 96 valence electrons. The molecule has 1 heterocycles. The molecule has 1 N–H and O–H groups in total. The summed E-state index contributed by atoms with van der Waals surface area (Å²) < 4.78 is 0. The molecule has 0 aliphatic carbocycles. The fourth-order valence-electron chi connectivity index (χ4n) is 2.08. The zero-order valence-corrected chi connectivity index (χ0v) is 12.1. The van der Waals surface area contributed by atoms with Gasteiger partial charge in [-0.25, -0.2) is 0 Å². The third-order valence-corrected chi connectivity index (χ3v) is 4.07. The Morgan fingerprint density at radius 3 is 2.72 bits per heavy atom. The van der Waals surface area contributed by atoms with Gasteiger partial charge < -0.3 is 5.32 Å². The Bertz CT molecular complexity index is 491. The summed E-state index contributed by atoms with van der Waals surface area (Å²) >= 11 is 1.73. The first-order valence-corrected chi connectivity index (χ1v) is 7.26. The van der Waals surface area contributed by atoms with Gasteiger partial charge in [-0.2, -0.15) is 0 Å². The molecule has 0 radical (unpaired) electrons. The predicted octanol–water partition coefficient (Wildman–Crippen LogP) is 3.65. The molecule has 0 amide bonds. The number of aryl methyl sites for hydroxylation is 2. The molecular weight excluding hydrogens is 240 g/mol. The molecule has 0 aliphatic heterocycles. The minimum Gasteiger partial charge on any atom is -0.310 e. The second kappa shape index (κ2) is 6.12. The van der Waals surface area contributed by atoms with Gasteiger partial charge in [0.1, 0.15) is 0 Å². The van der Waals surface area contributed by atoms with Crippen molar-refractivity contribution in [3.8, 4) is 0 Å². The molecule has 1 unspecified atom stereocenters. The largest absolute Gasteiger partial charge is 0.310 e. The molecule has 1 atom stereocenters. The monoisotopic (exact) mass is 260 g/mol. The van der Waals surface area contributed by atoms with Crippen LogP contribution < -0.4 is 5.32 Å². The summed E-state index contributed by atoms with van der Waals surface area (Å²) in [6.07, 6.45) is 2.98. The van der Waals surface area contributed by atoms with Crippen LogP contribution in [0.4, 0.5) is 0 Å². The molecule has 0 fully saturated rings. The zero-order chi connectivity index (χ0) is 13.0. The topological polar surface area (TPSA) is 24.9 Å². The maximum absolute atomic E-state index is 4.15. The molecule has 1 aromatic heterocycles.